The molecule has 0 aliphatic carbocycles. The average Bonchev–Trinajstić information content (AvgIpc) is 2.78. The first-order valence-corrected chi connectivity index (χ1v) is 7.26. The number of thiazole rings is 1. The summed E-state index contributed by atoms with van der Waals surface area (Å²) in [6.45, 7) is 11.1. The van der Waals surface area contributed by atoms with Crippen LogP contribution in [-0.2, 0) is 5.41 Å². The molecular weight excluding hydrogens is 238 g/mol. The minimum Gasteiger partial charge on any atom is -0.248 e. The van der Waals surface area contributed by atoms with Crippen LogP contribution < -0.4 is 0 Å². The van der Waals surface area contributed by atoms with E-state index in [0.29, 0.717) is 5.92 Å². The van der Waals surface area contributed by atoms with Gasteiger partial charge in [-0.2, -0.15) is 0 Å². The fourth-order valence-electron chi connectivity index (χ4n) is 1.79. The number of hydrogen-bond donors (Lipinski definition) is 0. The Balaban J connectivity index is 2.29. The van der Waals surface area contributed by atoms with Crippen LogP contribution in [0.2, 0.25) is 0 Å². The van der Waals surface area contributed by atoms with Crippen molar-refractivity contribution in [2.45, 2.75) is 46.0 Å². The molecule has 0 amide bonds. The normalized spacial score (nSPS) is 12.1. The highest BCUT2D eigenvalue weighted by atomic mass is 32.1. The van der Waals surface area contributed by atoms with Crippen LogP contribution in [0.25, 0.3) is 10.4 Å². The second kappa shape index (κ2) is 4.85. The van der Waals surface area contributed by atoms with Gasteiger partial charge in [0.1, 0.15) is 0 Å². The number of aromatic nitrogens is 1. The Morgan fingerprint density at radius 2 is 1.67 bits per heavy atom. The molecule has 1 heterocycles. The third kappa shape index (κ3) is 2.81. The molecule has 96 valence electrons. The number of benzene rings is 1. The van der Waals surface area contributed by atoms with E-state index >= 15 is 0 Å². The van der Waals surface area contributed by atoms with E-state index in [1.165, 1.54) is 21.0 Å². The summed E-state index contributed by atoms with van der Waals surface area (Å²) in [4.78, 5) is 5.80. The van der Waals surface area contributed by atoms with Gasteiger partial charge in [-0.05, 0) is 17.0 Å². The van der Waals surface area contributed by atoms with Crippen LogP contribution in [-0.4, -0.2) is 4.98 Å². The molecule has 1 aromatic heterocycles. The standard InChI is InChI=1S/C16H21NS/c1-11(2)12-6-8-13(9-7-12)14-10-17-15(18-14)16(3,4)5/h6-11H,1-5H3. The molecule has 0 fully saturated rings. The number of hydrogen-bond acceptors (Lipinski definition) is 2. The number of rotatable bonds is 2. The molecule has 1 nitrogen and oxygen atoms in total. The maximum absolute atomic E-state index is 4.54. The van der Waals surface area contributed by atoms with E-state index in [1.54, 1.807) is 11.3 Å². The molecule has 0 bridgehead atoms. The van der Waals surface area contributed by atoms with Gasteiger partial charge in [-0.15, -0.1) is 11.3 Å². The van der Waals surface area contributed by atoms with Crippen LogP contribution in [0.4, 0.5) is 0 Å². The second-order valence-electron chi connectivity index (χ2n) is 6.06. The largest absolute Gasteiger partial charge is 0.248 e. The zero-order valence-electron chi connectivity index (χ0n) is 11.8. The fraction of sp³-hybridized carbons (Fsp3) is 0.438. The first kappa shape index (κ1) is 13.3. The minimum atomic E-state index is 0.140. The minimum absolute atomic E-state index is 0.140. The molecule has 18 heavy (non-hydrogen) atoms. The predicted octanol–water partition coefficient (Wildman–Crippen LogP) is 5.23. The first-order chi connectivity index (χ1) is 8.38. The maximum atomic E-state index is 4.54. The lowest BCUT2D eigenvalue weighted by Gasteiger charge is -2.13. The zero-order valence-corrected chi connectivity index (χ0v) is 12.6. The Kier molecular flexibility index (Phi) is 3.58. The molecule has 0 unspecified atom stereocenters. The van der Waals surface area contributed by atoms with Crippen LogP contribution in [0.15, 0.2) is 30.5 Å². The summed E-state index contributed by atoms with van der Waals surface area (Å²) >= 11 is 1.80. The van der Waals surface area contributed by atoms with Gasteiger partial charge in [-0.3, -0.25) is 0 Å². The summed E-state index contributed by atoms with van der Waals surface area (Å²) in [5.74, 6) is 0.589. The van der Waals surface area contributed by atoms with Crippen molar-refractivity contribution in [1.29, 1.82) is 0 Å². The summed E-state index contributed by atoms with van der Waals surface area (Å²) in [7, 11) is 0. The molecular formula is C16H21NS. The molecule has 2 heteroatoms. The van der Waals surface area contributed by atoms with E-state index < -0.39 is 0 Å². The first-order valence-electron chi connectivity index (χ1n) is 6.44. The summed E-state index contributed by atoms with van der Waals surface area (Å²) in [5, 5.41) is 1.20. The van der Waals surface area contributed by atoms with E-state index in [9.17, 15) is 0 Å². The Morgan fingerprint density at radius 1 is 1.06 bits per heavy atom. The van der Waals surface area contributed by atoms with Crippen molar-refractivity contribution < 1.29 is 0 Å². The van der Waals surface area contributed by atoms with E-state index in [0.717, 1.165) is 0 Å². The van der Waals surface area contributed by atoms with Crippen molar-refractivity contribution in [3.05, 3.63) is 41.0 Å². The van der Waals surface area contributed by atoms with Gasteiger partial charge < -0.3 is 0 Å². The third-order valence-electron chi connectivity index (χ3n) is 3.01. The fourth-order valence-corrected chi connectivity index (χ4v) is 2.77. The van der Waals surface area contributed by atoms with E-state index in [1.807, 2.05) is 6.20 Å². The molecule has 0 atom stereocenters. The van der Waals surface area contributed by atoms with Crippen molar-refractivity contribution in [1.82, 2.24) is 4.98 Å². The van der Waals surface area contributed by atoms with Crippen LogP contribution in [0.1, 0.15) is 51.1 Å². The quantitative estimate of drug-likeness (QED) is 0.719. The lowest BCUT2D eigenvalue weighted by molar-refractivity contribution is 0.585. The van der Waals surface area contributed by atoms with Gasteiger partial charge in [0, 0.05) is 11.6 Å². The topological polar surface area (TPSA) is 12.9 Å². The van der Waals surface area contributed by atoms with Gasteiger partial charge in [-0.25, -0.2) is 4.98 Å². The molecule has 2 rings (SSSR count). The number of nitrogens with zero attached hydrogens (tertiary/aromatic N) is 1. The molecule has 2 aromatic rings. The molecule has 0 aliphatic rings. The second-order valence-corrected chi connectivity index (χ2v) is 7.09. The average molecular weight is 259 g/mol. The summed E-state index contributed by atoms with van der Waals surface area (Å²) < 4.78 is 0. The van der Waals surface area contributed by atoms with E-state index in [4.69, 9.17) is 0 Å². The highest BCUT2D eigenvalue weighted by Gasteiger charge is 2.18. The van der Waals surface area contributed by atoms with Crippen molar-refractivity contribution in [2.24, 2.45) is 0 Å². The summed E-state index contributed by atoms with van der Waals surface area (Å²) in [6.07, 6.45) is 2.00. The van der Waals surface area contributed by atoms with Crippen molar-refractivity contribution in [2.75, 3.05) is 0 Å². The monoisotopic (exact) mass is 259 g/mol. The lowest BCUT2D eigenvalue weighted by Crippen LogP contribution is -2.09. The van der Waals surface area contributed by atoms with Gasteiger partial charge in [0.2, 0.25) is 0 Å². The van der Waals surface area contributed by atoms with Crippen molar-refractivity contribution in [3.63, 3.8) is 0 Å². The van der Waals surface area contributed by atoms with Gasteiger partial charge in [0.25, 0.3) is 0 Å². The van der Waals surface area contributed by atoms with Crippen LogP contribution >= 0.6 is 11.3 Å². The van der Waals surface area contributed by atoms with Gasteiger partial charge >= 0.3 is 0 Å². The van der Waals surface area contributed by atoms with Gasteiger partial charge in [-0.1, -0.05) is 58.9 Å². The van der Waals surface area contributed by atoms with Crippen LogP contribution in [0, 0.1) is 0 Å². The zero-order chi connectivity index (χ0) is 13.3. The molecule has 0 aliphatic heterocycles. The van der Waals surface area contributed by atoms with Gasteiger partial charge in [0.05, 0.1) is 9.88 Å². The highest BCUT2D eigenvalue weighted by molar-refractivity contribution is 7.15. The Labute approximate surface area is 114 Å². The SMILES string of the molecule is CC(C)c1ccc(-c2cnc(C(C)(C)C)s2)cc1. The Bertz CT molecular complexity index is 515. The van der Waals surface area contributed by atoms with Gasteiger partial charge in [0.15, 0.2) is 0 Å². The molecule has 0 N–H and O–H groups in total. The summed E-state index contributed by atoms with van der Waals surface area (Å²) in [6, 6.07) is 8.84. The highest BCUT2D eigenvalue weighted by Crippen LogP contribution is 2.33. The molecule has 0 spiro atoms. The molecule has 1 aromatic carbocycles. The third-order valence-corrected chi connectivity index (χ3v) is 4.48. The van der Waals surface area contributed by atoms with Crippen LogP contribution in [0.5, 0.6) is 0 Å². The summed E-state index contributed by atoms with van der Waals surface area (Å²) in [5.41, 5.74) is 2.80. The van der Waals surface area contributed by atoms with Crippen molar-refractivity contribution in [3.8, 4) is 10.4 Å². The van der Waals surface area contributed by atoms with E-state index in [-0.39, 0.29) is 5.41 Å². The smallest absolute Gasteiger partial charge is 0.0984 e. The molecule has 0 radical (unpaired) electrons. The predicted molar refractivity (Wildman–Crippen MR) is 80.3 cm³/mol. The van der Waals surface area contributed by atoms with Crippen molar-refractivity contribution >= 4 is 11.3 Å². The Morgan fingerprint density at radius 3 is 2.11 bits per heavy atom. The molecule has 0 saturated heterocycles. The molecule has 0 saturated carbocycles. The lowest BCUT2D eigenvalue weighted by atomic mass is 9.98. The Hall–Kier alpha value is -1.15. The van der Waals surface area contributed by atoms with E-state index in [2.05, 4.69) is 63.9 Å². The van der Waals surface area contributed by atoms with Crippen LogP contribution in [0.3, 0.4) is 0 Å². The maximum Gasteiger partial charge on any atom is 0.0984 e.